The molecule has 1 aliphatic heterocycles. The molecule has 1 saturated heterocycles. The number of aromatic nitrogens is 1. The van der Waals surface area contributed by atoms with Gasteiger partial charge in [-0.3, -0.25) is 9.59 Å². The molecule has 9 heteroatoms. The first kappa shape index (κ1) is 26.0. The number of rotatable bonds is 10. The zero-order valence-corrected chi connectivity index (χ0v) is 21.6. The minimum atomic E-state index is -0.0600. The molecule has 2 aromatic rings. The van der Waals surface area contributed by atoms with Gasteiger partial charge in [0.05, 0.1) is 18.3 Å². The second-order valence-corrected chi connectivity index (χ2v) is 10.5. The predicted molar refractivity (Wildman–Crippen MR) is 133 cm³/mol. The molecule has 1 N–H and O–H groups in total. The molecule has 0 bridgehead atoms. The Balaban J connectivity index is 1.52. The average molecular weight is 489 g/mol. The maximum Gasteiger partial charge on any atom is 0.253 e. The normalized spacial score (nSPS) is 14.8. The lowest BCUT2D eigenvalue weighted by Crippen LogP contribution is -2.46. The van der Waals surface area contributed by atoms with Crippen LogP contribution in [-0.4, -0.2) is 74.0 Å². The molecule has 1 aliphatic rings. The number of amides is 2. The van der Waals surface area contributed by atoms with Crippen LogP contribution in [0.1, 0.15) is 42.7 Å². The van der Waals surface area contributed by atoms with Crippen molar-refractivity contribution in [1.29, 1.82) is 0 Å². The Bertz CT molecular complexity index is 954. The number of nitrogens with zero attached hydrogens (tertiary/aromatic N) is 3. The first-order valence-electron chi connectivity index (χ1n) is 11.6. The van der Waals surface area contributed by atoms with E-state index >= 15 is 0 Å². The van der Waals surface area contributed by atoms with Gasteiger partial charge in [-0.1, -0.05) is 13.8 Å². The molecule has 0 spiro atoms. The molecule has 0 atom stereocenters. The smallest absolute Gasteiger partial charge is 0.253 e. The highest BCUT2D eigenvalue weighted by Crippen LogP contribution is 2.30. The van der Waals surface area contributed by atoms with E-state index in [2.05, 4.69) is 29.0 Å². The van der Waals surface area contributed by atoms with Gasteiger partial charge in [0, 0.05) is 43.0 Å². The zero-order chi connectivity index (χ0) is 24.7. The van der Waals surface area contributed by atoms with Gasteiger partial charge in [-0.15, -0.1) is 11.3 Å². The lowest BCUT2D eigenvalue weighted by atomic mass is 9.91. The van der Waals surface area contributed by atoms with Gasteiger partial charge >= 0.3 is 0 Å². The van der Waals surface area contributed by atoms with E-state index in [9.17, 15) is 9.59 Å². The van der Waals surface area contributed by atoms with E-state index in [0.29, 0.717) is 56.1 Å². The van der Waals surface area contributed by atoms with Crippen LogP contribution in [0.4, 0.5) is 0 Å². The third-order valence-corrected chi connectivity index (χ3v) is 6.54. The zero-order valence-electron chi connectivity index (χ0n) is 20.8. The summed E-state index contributed by atoms with van der Waals surface area (Å²) in [7, 11) is 5.63. The number of benzene rings is 1. The van der Waals surface area contributed by atoms with E-state index < -0.39 is 0 Å². The average Bonchev–Trinajstić information content (AvgIpc) is 3.33. The highest BCUT2D eigenvalue weighted by atomic mass is 32.1. The van der Waals surface area contributed by atoms with Crippen molar-refractivity contribution in [3.63, 3.8) is 0 Å². The Hall–Kier alpha value is -2.65. The molecule has 3 rings (SSSR count). The topological polar surface area (TPSA) is 84.0 Å². The van der Waals surface area contributed by atoms with Gasteiger partial charge in [-0.25, -0.2) is 4.98 Å². The highest BCUT2D eigenvalue weighted by molar-refractivity contribution is 7.07. The lowest BCUT2D eigenvalue weighted by Gasteiger charge is -2.33. The molecule has 2 amide bonds. The van der Waals surface area contributed by atoms with Crippen molar-refractivity contribution in [2.75, 3.05) is 47.4 Å². The molecule has 0 unspecified atom stereocenters. The molecule has 0 saturated carbocycles. The number of piperidine rings is 1. The standard InChI is InChI=1S/C25H36N4O4S/c1-25(2,16-28(3)4)15-26-23(30)18-8-10-29(11-9-18)24(31)19-6-7-21(22(12-19)32-5)33-13-20-14-34-17-27-20/h6-7,12,14,17-18H,8-11,13,15-16H2,1-5H3,(H,26,30). The van der Waals surface area contributed by atoms with E-state index in [1.165, 1.54) is 11.3 Å². The van der Waals surface area contributed by atoms with Crippen LogP contribution >= 0.6 is 11.3 Å². The molecule has 186 valence electrons. The number of likely N-dealkylation sites (tertiary alicyclic amines) is 1. The molecule has 1 fully saturated rings. The summed E-state index contributed by atoms with van der Waals surface area (Å²) < 4.78 is 11.3. The monoisotopic (exact) mass is 488 g/mol. The van der Waals surface area contributed by atoms with Gasteiger partial charge in [0.15, 0.2) is 11.5 Å². The van der Waals surface area contributed by atoms with Gasteiger partial charge < -0.3 is 24.6 Å². The fourth-order valence-electron chi connectivity index (χ4n) is 4.29. The fourth-order valence-corrected chi connectivity index (χ4v) is 4.83. The number of carbonyl (C=O) groups is 2. The van der Waals surface area contributed by atoms with Crippen LogP contribution in [-0.2, 0) is 11.4 Å². The lowest BCUT2D eigenvalue weighted by molar-refractivity contribution is -0.126. The number of hydrogen-bond donors (Lipinski definition) is 1. The summed E-state index contributed by atoms with van der Waals surface area (Å²) in [5, 5.41) is 5.04. The molecule has 1 aromatic carbocycles. The minimum Gasteiger partial charge on any atom is -0.493 e. The summed E-state index contributed by atoms with van der Waals surface area (Å²) in [5.41, 5.74) is 3.16. The summed E-state index contributed by atoms with van der Waals surface area (Å²) in [5.74, 6) is 1.04. The third-order valence-electron chi connectivity index (χ3n) is 5.91. The van der Waals surface area contributed by atoms with Crippen molar-refractivity contribution < 1.29 is 19.1 Å². The van der Waals surface area contributed by atoms with Crippen LogP contribution in [0.2, 0.25) is 0 Å². The summed E-state index contributed by atoms with van der Waals surface area (Å²) in [6, 6.07) is 5.23. The number of nitrogens with one attached hydrogen (secondary N) is 1. The Morgan fingerprint density at radius 1 is 1.24 bits per heavy atom. The highest BCUT2D eigenvalue weighted by Gasteiger charge is 2.29. The quantitative estimate of drug-likeness (QED) is 0.553. The summed E-state index contributed by atoms with van der Waals surface area (Å²) in [4.78, 5) is 33.9. The number of thiazole rings is 1. The van der Waals surface area contributed by atoms with Crippen molar-refractivity contribution in [2.45, 2.75) is 33.3 Å². The van der Waals surface area contributed by atoms with E-state index in [4.69, 9.17) is 9.47 Å². The van der Waals surface area contributed by atoms with Crippen LogP contribution in [0.3, 0.4) is 0 Å². The van der Waals surface area contributed by atoms with Crippen LogP contribution in [0, 0.1) is 11.3 Å². The maximum absolute atomic E-state index is 13.1. The molecular formula is C25H36N4O4S. The van der Waals surface area contributed by atoms with Gasteiger partial charge in [0.25, 0.3) is 5.91 Å². The van der Waals surface area contributed by atoms with Crippen LogP contribution in [0.5, 0.6) is 11.5 Å². The van der Waals surface area contributed by atoms with Gasteiger partial charge in [-0.2, -0.15) is 0 Å². The molecule has 34 heavy (non-hydrogen) atoms. The largest absolute Gasteiger partial charge is 0.493 e. The van der Waals surface area contributed by atoms with Gasteiger partial charge in [0.1, 0.15) is 6.61 Å². The molecule has 8 nitrogen and oxygen atoms in total. The SMILES string of the molecule is COc1cc(C(=O)N2CCC(C(=O)NCC(C)(C)CN(C)C)CC2)ccc1OCc1cscn1. The third kappa shape index (κ3) is 7.17. The number of methoxy groups -OCH3 is 1. The predicted octanol–water partition coefficient (Wildman–Crippen LogP) is 3.29. The van der Waals surface area contributed by atoms with Crippen molar-refractivity contribution in [3.05, 3.63) is 40.3 Å². The molecule has 0 aliphatic carbocycles. The van der Waals surface area contributed by atoms with Crippen molar-refractivity contribution in [1.82, 2.24) is 20.1 Å². The second-order valence-electron chi connectivity index (χ2n) is 9.82. The molecule has 2 heterocycles. The van der Waals surface area contributed by atoms with Crippen LogP contribution in [0.25, 0.3) is 0 Å². The summed E-state index contributed by atoms with van der Waals surface area (Å²) in [6.45, 7) is 7.30. The van der Waals surface area contributed by atoms with Gasteiger partial charge in [-0.05, 0) is 50.6 Å². The van der Waals surface area contributed by atoms with E-state index in [0.717, 1.165) is 12.2 Å². The van der Waals surface area contributed by atoms with Crippen molar-refractivity contribution in [2.24, 2.45) is 11.3 Å². The summed E-state index contributed by atoms with van der Waals surface area (Å²) >= 11 is 1.51. The minimum absolute atomic E-state index is 0.00494. The van der Waals surface area contributed by atoms with Gasteiger partial charge in [0.2, 0.25) is 5.91 Å². The number of carbonyl (C=O) groups excluding carboxylic acids is 2. The van der Waals surface area contributed by atoms with Crippen LogP contribution < -0.4 is 14.8 Å². The number of hydrogen-bond acceptors (Lipinski definition) is 7. The maximum atomic E-state index is 13.1. The van der Waals surface area contributed by atoms with E-state index in [1.807, 2.05) is 24.4 Å². The molecule has 1 aromatic heterocycles. The van der Waals surface area contributed by atoms with Crippen LogP contribution in [0.15, 0.2) is 29.1 Å². The van der Waals surface area contributed by atoms with Crippen molar-refractivity contribution in [3.8, 4) is 11.5 Å². The van der Waals surface area contributed by atoms with E-state index in [1.54, 1.807) is 30.8 Å². The molecular weight excluding hydrogens is 452 g/mol. The fraction of sp³-hybridized carbons (Fsp3) is 0.560. The first-order valence-corrected chi connectivity index (χ1v) is 12.5. The Morgan fingerprint density at radius 3 is 2.59 bits per heavy atom. The van der Waals surface area contributed by atoms with E-state index in [-0.39, 0.29) is 23.1 Å². The summed E-state index contributed by atoms with van der Waals surface area (Å²) in [6.07, 6.45) is 1.33. The van der Waals surface area contributed by atoms with Crippen molar-refractivity contribution >= 4 is 23.2 Å². The number of ether oxygens (including phenoxy) is 2. The Kier molecular flexibility index (Phi) is 8.90. The Labute approximate surface area is 206 Å². The Morgan fingerprint density at radius 2 is 1.97 bits per heavy atom. The first-order chi connectivity index (χ1) is 16.2. The second kappa shape index (κ2) is 11.7. The molecule has 0 radical (unpaired) electrons.